The summed E-state index contributed by atoms with van der Waals surface area (Å²) in [7, 11) is 1.94. The SMILES string of the molecule is COC(=O)c1cc(C(F)(F)F)cc(OC)c1F. The number of benzene rings is 1. The normalized spacial score (nSPS) is 11.2. The van der Waals surface area contributed by atoms with Crippen molar-refractivity contribution in [2.75, 3.05) is 14.2 Å². The molecule has 0 unspecified atom stereocenters. The molecule has 1 aromatic rings. The van der Waals surface area contributed by atoms with Crippen molar-refractivity contribution in [3.05, 3.63) is 29.1 Å². The van der Waals surface area contributed by atoms with Gasteiger partial charge in [-0.3, -0.25) is 0 Å². The Balaban J connectivity index is 3.44. The van der Waals surface area contributed by atoms with Crippen LogP contribution in [0.15, 0.2) is 12.1 Å². The molecule has 17 heavy (non-hydrogen) atoms. The second-order valence-corrected chi connectivity index (χ2v) is 3.03. The Bertz CT molecular complexity index is 440. The van der Waals surface area contributed by atoms with Gasteiger partial charge in [-0.2, -0.15) is 13.2 Å². The maximum Gasteiger partial charge on any atom is 0.416 e. The fourth-order valence-corrected chi connectivity index (χ4v) is 1.17. The fraction of sp³-hybridized carbons (Fsp3) is 0.300. The van der Waals surface area contributed by atoms with Gasteiger partial charge >= 0.3 is 12.1 Å². The van der Waals surface area contributed by atoms with Crippen LogP contribution in [-0.2, 0) is 10.9 Å². The number of alkyl halides is 3. The highest BCUT2D eigenvalue weighted by Crippen LogP contribution is 2.34. The van der Waals surface area contributed by atoms with E-state index >= 15 is 0 Å². The minimum atomic E-state index is -4.70. The predicted molar refractivity (Wildman–Crippen MR) is 49.3 cm³/mol. The molecular weight excluding hydrogens is 244 g/mol. The Kier molecular flexibility index (Phi) is 3.59. The summed E-state index contributed by atoms with van der Waals surface area (Å²) in [5.74, 6) is -3.06. The molecule has 0 aliphatic carbocycles. The highest BCUT2D eigenvalue weighted by Gasteiger charge is 2.33. The van der Waals surface area contributed by atoms with Crippen molar-refractivity contribution in [2.45, 2.75) is 6.18 Å². The van der Waals surface area contributed by atoms with Gasteiger partial charge in [-0.05, 0) is 12.1 Å². The second kappa shape index (κ2) is 4.60. The van der Waals surface area contributed by atoms with Gasteiger partial charge in [0.25, 0.3) is 0 Å². The lowest BCUT2D eigenvalue weighted by Crippen LogP contribution is -2.11. The molecule has 0 fully saturated rings. The second-order valence-electron chi connectivity index (χ2n) is 3.03. The summed E-state index contributed by atoms with van der Waals surface area (Å²) in [5.41, 5.74) is -2.00. The fourth-order valence-electron chi connectivity index (χ4n) is 1.17. The molecule has 0 bridgehead atoms. The largest absolute Gasteiger partial charge is 0.494 e. The molecule has 0 aliphatic rings. The van der Waals surface area contributed by atoms with E-state index in [0.29, 0.717) is 12.1 Å². The molecule has 0 atom stereocenters. The number of hydrogen-bond acceptors (Lipinski definition) is 3. The summed E-state index contributed by atoms with van der Waals surface area (Å²) in [6, 6.07) is 0.853. The quantitative estimate of drug-likeness (QED) is 0.599. The molecule has 0 saturated heterocycles. The third-order valence-electron chi connectivity index (χ3n) is 1.99. The number of rotatable bonds is 2. The summed E-state index contributed by atoms with van der Waals surface area (Å²) in [5, 5.41) is 0. The van der Waals surface area contributed by atoms with Crippen LogP contribution in [0.25, 0.3) is 0 Å². The lowest BCUT2D eigenvalue weighted by molar-refractivity contribution is -0.137. The molecule has 0 saturated carbocycles. The van der Waals surface area contributed by atoms with E-state index in [2.05, 4.69) is 9.47 Å². The molecule has 0 aliphatic heterocycles. The molecule has 94 valence electrons. The van der Waals surface area contributed by atoms with Crippen molar-refractivity contribution in [1.29, 1.82) is 0 Å². The Hall–Kier alpha value is -1.79. The van der Waals surface area contributed by atoms with E-state index in [4.69, 9.17) is 0 Å². The summed E-state index contributed by atoms with van der Waals surface area (Å²) in [6.07, 6.45) is -4.70. The average Bonchev–Trinajstić information content (AvgIpc) is 2.26. The number of hydrogen-bond donors (Lipinski definition) is 0. The van der Waals surface area contributed by atoms with Crippen LogP contribution in [-0.4, -0.2) is 20.2 Å². The van der Waals surface area contributed by atoms with Gasteiger partial charge in [-0.15, -0.1) is 0 Å². The maximum absolute atomic E-state index is 13.5. The Morgan fingerprint density at radius 2 is 1.82 bits per heavy atom. The van der Waals surface area contributed by atoms with Crippen LogP contribution in [0, 0.1) is 5.82 Å². The van der Waals surface area contributed by atoms with Gasteiger partial charge < -0.3 is 9.47 Å². The minimum absolute atomic E-state index is 0.379. The van der Waals surface area contributed by atoms with Crippen molar-refractivity contribution in [1.82, 2.24) is 0 Å². The van der Waals surface area contributed by atoms with Crippen molar-refractivity contribution in [3.8, 4) is 5.75 Å². The standard InChI is InChI=1S/C10H8F4O3/c1-16-7-4-5(10(12,13)14)3-6(8(7)11)9(15)17-2/h3-4H,1-2H3. The Morgan fingerprint density at radius 1 is 1.24 bits per heavy atom. The number of halogens is 4. The van der Waals surface area contributed by atoms with Gasteiger partial charge in [-0.25, -0.2) is 9.18 Å². The molecule has 1 aromatic carbocycles. The van der Waals surface area contributed by atoms with Crippen LogP contribution in [0.3, 0.4) is 0 Å². The lowest BCUT2D eigenvalue weighted by Gasteiger charge is -2.12. The van der Waals surface area contributed by atoms with Crippen molar-refractivity contribution < 1.29 is 31.8 Å². The third kappa shape index (κ3) is 2.66. The summed E-state index contributed by atoms with van der Waals surface area (Å²) >= 11 is 0. The van der Waals surface area contributed by atoms with Gasteiger partial charge in [0, 0.05) is 0 Å². The monoisotopic (exact) mass is 252 g/mol. The van der Waals surface area contributed by atoms with Gasteiger partial charge in [0.2, 0.25) is 0 Å². The number of methoxy groups -OCH3 is 2. The first kappa shape index (κ1) is 13.3. The maximum atomic E-state index is 13.5. The zero-order chi connectivity index (χ0) is 13.2. The van der Waals surface area contributed by atoms with Gasteiger partial charge in [0.1, 0.15) is 0 Å². The molecule has 7 heteroatoms. The summed E-state index contributed by atoms with van der Waals surface area (Å²) < 4.78 is 59.5. The van der Waals surface area contributed by atoms with Gasteiger partial charge in [0.05, 0.1) is 25.3 Å². The van der Waals surface area contributed by atoms with Crippen LogP contribution < -0.4 is 4.74 Å². The number of carbonyl (C=O) groups is 1. The molecular formula is C10H8F4O3. The topological polar surface area (TPSA) is 35.5 Å². The minimum Gasteiger partial charge on any atom is -0.494 e. The van der Waals surface area contributed by atoms with E-state index in [1.54, 1.807) is 0 Å². The smallest absolute Gasteiger partial charge is 0.416 e. The van der Waals surface area contributed by atoms with Crippen LogP contribution in [0.2, 0.25) is 0 Å². The van der Waals surface area contributed by atoms with E-state index in [1.807, 2.05) is 0 Å². The van der Waals surface area contributed by atoms with E-state index in [9.17, 15) is 22.4 Å². The third-order valence-corrected chi connectivity index (χ3v) is 1.99. The average molecular weight is 252 g/mol. The summed E-state index contributed by atoms with van der Waals surface area (Å²) in [4.78, 5) is 11.1. The zero-order valence-electron chi connectivity index (χ0n) is 8.89. The summed E-state index contributed by atoms with van der Waals surface area (Å²) in [6.45, 7) is 0. The van der Waals surface area contributed by atoms with Crippen LogP contribution in [0.1, 0.15) is 15.9 Å². The Morgan fingerprint density at radius 3 is 2.24 bits per heavy atom. The van der Waals surface area contributed by atoms with Crippen LogP contribution in [0.4, 0.5) is 17.6 Å². The molecule has 0 aromatic heterocycles. The zero-order valence-corrected chi connectivity index (χ0v) is 8.89. The van der Waals surface area contributed by atoms with E-state index in [-0.39, 0.29) is 0 Å². The van der Waals surface area contributed by atoms with E-state index in [0.717, 1.165) is 14.2 Å². The van der Waals surface area contributed by atoms with Crippen molar-refractivity contribution >= 4 is 5.97 Å². The number of carbonyl (C=O) groups excluding carboxylic acids is 1. The highest BCUT2D eigenvalue weighted by molar-refractivity contribution is 5.90. The Labute approximate surface area is 93.9 Å². The molecule has 0 heterocycles. The van der Waals surface area contributed by atoms with Gasteiger partial charge in [0.15, 0.2) is 11.6 Å². The highest BCUT2D eigenvalue weighted by atomic mass is 19.4. The number of esters is 1. The van der Waals surface area contributed by atoms with Gasteiger partial charge in [-0.1, -0.05) is 0 Å². The molecule has 0 radical (unpaired) electrons. The van der Waals surface area contributed by atoms with Crippen molar-refractivity contribution in [2.24, 2.45) is 0 Å². The van der Waals surface area contributed by atoms with Crippen LogP contribution >= 0.6 is 0 Å². The lowest BCUT2D eigenvalue weighted by atomic mass is 10.1. The number of ether oxygens (including phenoxy) is 2. The first-order valence-electron chi connectivity index (χ1n) is 4.34. The molecule has 0 N–H and O–H groups in total. The molecule has 0 amide bonds. The first-order chi connectivity index (χ1) is 7.81. The van der Waals surface area contributed by atoms with Crippen molar-refractivity contribution in [3.63, 3.8) is 0 Å². The first-order valence-corrected chi connectivity index (χ1v) is 4.34. The van der Waals surface area contributed by atoms with Crippen LogP contribution in [0.5, 0.6) is 5.75 Å². The van der Waals surface area contributed by atoms with E-state index < -0.39 is 34.8 Å². The van der Waals surface area contributed by atoms with E-state index in [1.165, 1.54) is 0 Å². The molecule has 0 spiro atoms. The molecule has 1 rings (SSSR count). The predicted octanol–water partition coefficient (Wildman–Crippen LogP) is 2.64. The molecule has 3 nitrogen and oxygen atoms in total.